The van der Waals surface area contributed by atoms with Crippen molar-refractivity contribution in [2.45, 2.75) is 26.2 Å². The van der Waals surface area contributed by atoms with Gasteiger partial charge in [-0.25, -0.2) is 0 Å². The van der Waals surface area contributed by atoms with Crippen LogP contribution >= 0.6 is 11.3 Å². The monoisotopic (exact) mass is 331 g/mol. The Balaban J connectivity index is 1.77. The molecule has 0 saturated carbocycles. The Bertz CT molecular complexity index is 723. The third-order valence-corrected chi connectivity index (χ3v) is 5.43. The van der Waals surface area contributed by atoms with Gasteiger partial charge in [-0.15, -0.1) is 11.3 Å². The first-order chi connectivity index (χ1) is 11.1. The molecule has 4 nitrogen and oxygen atoms in total. The Hall–Kier alpha value is -2.01. The van der Waals surface area contributed by atoms with Gasteiger partial charge in [0, 0.05) is 16.6 Å². The van der Waals surface area contributed by atoms with Gasteiger partial charge >= 0.3 is 0 Å². The van der Waals surface area contributed by atoms with Crippen LogP contribution in [0.4, 0.5) is 5.69 Å². The molecule has 0 radical (unpaired) electrons. The van der Waals surface area contributed by atoms with Crippen LogP contribution in [-0.4, -0.2) is 20.1 Å². The number of carbonyl (C=O) groups is 1. The van der Waals surface area contributed by atoms with E-state index in [1.807, 2.05) is 12.1 Å². The van der Waals surface area contributed by atoms with Crippen molar-refractivity contribution in [3.63, 3.8) is 0 Å². The second-order valence-corrected chi connectivity index (χ2v) is 7.07. The number of aryl methyl sites for hydroxylation is 1. The molecule has 1 unspecified atom stereocenters. The number of nitrogens with one attached hydrogen (secondary N) is 1. The molecule has 1 atom stereocenters. The van der Waals surface area contributed by atoms with Gasteiger partial charge in [0.25, 0.3) is 5.91 Å². The Kier molecular flexibility index (Phi) is 4.57. The van der Waals surface area contributed by atoms with Crippen molar-refractivity contribution >= 4 is 22.9 Å². The lowest BCUT2D eigenvalue weighted by molar-refractivity contribution is 0.103. The molecule has 122 valence electrons. The average Bonchev–Trinajstić information content (AvgIpc) is 2.97. The standard InChI is InChI=1S/C18H21NO3S/c1-11-4-7-16-12(8-11)9-17(23-16)18(20)19-13-5-6-14(21-2)15(10-13)22-3/h5-6,9-11H,4,7-8H2,1-3H3,(H,19,20). The van der Waals surface area contributed by atoms with E-state index in [-0.39, 0.29) is 5.91 Å². The molecule has 1 heterocycles. The summed E-state index contributed by atoms with van der Waals surface area (Å²) in [7, 11) is 3.17. The van der Waals surface area contributed by atoms with E-state index in [2.05, 4.69) is 12.2 Å². The molecular formula is C18H21NO3S. The van der Waals surface area contributed by atoms with Crippen LogP contribution in [0.15, 0.2) is 24.3 Å². The van der Waals surface area contributed by atoms with E-state index in [0.717, 1.165) is 17.7 Å². The summed E-state index contributed by atoms with van der Waals surface area (Å²) in [6, 6.07) is 7.42. The molecule has 1 aliphatic rings. The average molecular weight is 331 g/mol. The Morgan fingerprint density at radius 1 is 1.22 bits per heavy atom. The molecule has 0 saturated heterocycles. The molecule has 23 heavy (non-hydrogen) atoms. The maximum absolute atomic E-state index is 12.5. The van der Waals surface area contributed by atoms with Gasteiger partial charge in [-0.1, -0.05) is 6.92 Å². The van der Waals surface area contributed by atoms with Crippen molar-refractivity contribution in [2.75, 3.05) is 19.5 Å². The molecule has 2 aromatic rings. The summed E-state index contributed by atoms with van der Waals surface area (Å²) in [5.74, 6) is 1.89. The number of hydrogen-bond acceptors (Lipinski definition) is 4. The van der Waals surface area contributed by atoms with Crippen molar-refractivity contribution < 1.29 is 14.3 Å². The Morgan fingerprint density at radius 3 is 2.74 bits per heavy atom. The van der Waals surface area contributed by atoms with Crippen LogP contribution in [0.1, 0.15) is 33.5 Å². The predicted molar refractivity (Wildman–Crippen MR) is 93.0 cm³/mol. The normalized spacial score (nSPS) is 16.6. The molecule has 1 amide bonds. The Labute approximate surface area is 140 Å². The zero-order valence-electron chi connectivity index (χ0n) is 13.6. The van der Waals surface area contributed by atoms with Gasteiger partial charge in [0.1, 0.15) is 0 Å². The number of carbonyl (C=O) groups excluding carboxylic acids is 1. The summed E-state index contributed by atoms with van der Waals surface area (Å²) < 4.78 is 10.5. The number of ether oxygens (including phenoxy) is 2. The molecule has 1 aromatic carbocycles. The van der Waals surface area contributed by atoms with Gasteiger partial charge < -0.3 is 14.8 Å². The molecule has 3 rings (SSSR count). The van der Waals surface area contributed by atoms with Crippen LogP contribution in [0.5, 0.6) is 11.5 Å². The highest BCUT2D eigenvalue weighted by atomic mass is 32.1. The highest BCUT2D eigenvalue weighted by molar-refractivity contribution is 7.14. The lowest BCUT2D eigenvalue weighted by Gasteiger charge is -2.16. The SMILES string of the molecule is COc1ccc(NC(=O)c2cc3c(s2)CCC(C)C3)cc1OC. The number of fused-ring (bicyclic) bond motifs is 1. The fourth-order valence-corrected chi connectivity index (χ4v) is 4.03. The highest BCUT2D eigenvalue weighted by Crippen LogP contribution is 2.33. The lowest BCUT2D eigenvalue weighted by atomic mass is 9.90. The van der Waals surface area contributed by atoms with E-state index in [1.54, 1.807) is 37.7 Å². The smallest absolute Gasteiger partial charge is 0.265 e. The van der Waals surface area contributed by atoms with Gasteiger partial charge in [-0.05, 0) is 48.9 Å². The van der Waals surface area contributed by atoms with Crippen molar-refractivity contribution in [2.24, 2.45) is 5.92 Å². The van der Waals surface area contributed by atoms with Gasteiger partial charge in [-0.2, -0.15) is 0 Å². The second kappa shape index (κ2) is 6.62. The van der Waals surface area contributed by atoms with Crippen LogP contribution in [0.2, 0.25) is 0 Å². The number of amides is 1. The van der Waals surface area contributed by atoms with Gasteiger partial charge in [0.15, 0.2) is 11.5 Å². The molecule has 0 spiro atoms. The van der Waals surface area contributed by atoms with E-state index >= 15 is 0 Å². The minimum atomic E-state index is -0.0655. The Morgan fingerprint density at radius 2 is 2.00 bits per heavy atom. The summed E-state index contributed by atoms with van der Waals surface area (Å²) in [6.45, 7) is 2.27. The van der Waals surface area contributed by atoms with E-state index < -0.39 is 0 Å². The third kappa shape index (κ3) is 3.34. The van der Waals surface area contributed by atoms with Crippen LogP contribution in [0, 0.1) is 5.92 Å². The maximum atomic E-state index is 12.5. The molecule has 0 bridgehead atoms. The number of benzene rings is 1. The third-order valence-electron chi connectivity index (χ3n) is 4.19. The molecule has 1 aliphatic carbocycles. The van der Waals surface area contributed by atoms with E-state index in [1.165, 1.54) is 16.9 Å². The van der Waals surface area contributed by atoms with Crippen LogP contribution in [0.3, 0.4) is 0 Å². The maximum Gasteiger partial charge on any atom is 0.265 e. The summed E-state index contributed by atoms with van der Waals surface area (Å²) in [6.07, 6.45) is 3.38. The van der Waals surface area contributed by atoms with Gasteiger partial charge in [0.2, 0.25) is 0 Å². The van der Waals surface area contributed by atoms with Crippen LogP contribution in [-0.2, 0) is 12.8 Å². The second-order valence-electron chi connectivity index (χ2n) is 5.93. The molecule has 1 N–H and O–H groups in total. The zero-order valence-corrected chi connectivity index (χ0v) is 14.5. The van der Waals surface area contributed by atoms with Crippen LogP contribution in [0.25, 0.3) is 0 Å². The topological polar surface area (TPSA) is 47.6 Å². The minimum absolute atomic E-state index is 0.0655. The first-order valence-electron chi connectivity index (χ1n) is 7.75. The highest BCUT2D eigenvalue weighted by Gasteiger charge is 2.20. The van der Waals surface area contributed by atoms with E-state index in [9.17, 15) is 4.79 Å². The zero-order chi connectivity index (χ0) is 16.4. The molecular weight excluding hydrogens is 310 g/mol. The quantitative estimate of drug-likeness (QED) is 0.916. The fraction of sp³-hybridized carbons (Fsp3) is 0.389. The van der Waals surface area contributed by atoms with Crippen molar-refractivity contribution in [3.8, 4) is 11.5 Å². The van der Waals surface area contributed by atoms with Crippen molar-refractivity contribution in [1.82, 2.24) is 0 Å². The van der Waals surface area contributed by atoms with Crippen LogP contribution < -0.4 is 14.8 Å². The number of thiophene rings is 1. The molecule has 0 fully saturated rings. The summed E-state index contributed by atoms with van der Waals surface area (Å²) in [5.41, 5.74) is 2.04. The first-order valence-corrected chi connectivity index (χ1v) is 8.57. The largest absolute Gasteiger partial charge is 0.493 e. The summed E-state index contributed by atoms with van der Waals surface area (Å²) in [4.78, 5) is 14.6. The molecule has 1 aromatic heterocycles. The lowest BCUT2D eigenvalue weighted by Crippen LogP contribution is -2.10. The van der Waals surface area contributed by atoms with Crippen molar-refractivity contribution in [1.29, 1.82) is 0 Å². The minimum Gasteiger partial charge on any atom is -0.493 e. The number of hydrogen-bond donors (Lipinski definition) is 1. The fourth-order valence-electron chi connectivity index (χ4n) is 2.92. The number of rotatable bonds is 4. The molecule has 0 aliphatic heterocycles. The van der Waals surface area contributed by atoms with Gasteiger partial charge in [0.05, 0.1) is 19.1 Å². The first kappa shape index (κ1) is 15.9. The van der Waals surface area contributed by atoms with Crippen molar-refractivity contribution in [3.05, 3.63) is 39.6 Å². The number of methoxy groups -OCH3 is 2. The number of anilines is 1. The van der Waals surface area contributed by atoms with Gasteiger partial charge in [-0.3, -0.25) is 4.79 Å². The summed E-state index contributed by atoms with van der Waals surface area (Å²) in [5, 5.41) is 2.94. The summed E-state index contributed by atoms with van der Waals surface area (Å²) >= 11 is 1.61. The molecule has 5 heteroatoms. The van der Waals surface area contributed by atoms with E-state index in [4.69, 9.17) is 9.47 Å². The van der Waals surface area contributed by atoms with E-state index in [0.29, 0.717) is 23.1 Å². The predicted octanol–water partition coefficient (Wildman–Crippen LogP) is 4.14.